The maximum absolute atomic E-state index is 9.86. The van der Waals surface area contributed by atoms with Crippen molar-refractivity contribution in [3.63, 3.8) is 0 Å². The fourth-order valence-corrected chi connectivity index (χ4v) is 0.391. The first-order valence-electron chi connectivity index (χ1n) is 2.70. The Bertz CT molecular complexity index is 152. The topological polar surface area (TPSA) is 169 Å². The van der Waals surface area contributed by atoms with Crippen LogP contribution in [0.3, 0.4) is 0 Å². The quantitative estimate of drug-likeness (QED) is 0.480. The van der Waals surface area contributed by atoms with Crippen molar-refractivity contribution in [2.45, 2.75) is 18.9 Å². The molecule has 0 saturated heterocycles. The van der Waals surface area contributed by atoms with Crippen LogP contribution in [0.2, 0.25) is 0 Å². The van der Waals surface area contributed by atoms with Gasteiger partial charge >= 0.3 is 17.1 Å². The summed E-state index contributed by atoms with van der Waals surface area (Å²) >= 11 is 0. The molecule has 0 aromatic rings. The van der Waals surface area contributed by atoms with Crippen molar-refractivity contribution >= 4 is 11.9 Å². The van der Waals surface area contributed by atoms with Crippen LogP contribution in [0.15, 0.2) is 0 Å². The zero-order chi connectivity index (χ0) is 8.15. The van der Waals surface area contributed by atoms with E-state index in [-0.39, 0.29) is 40.9 Å². The van der Waals surface area contributed by atoms with Gasteiger partial charge in [0.05, 0.1) is 5.97 Å². The van der Waals surface area contributed by atoms with Crippen molar-refractivity contribution in [3.05, 3.63) is 0 Å². The van der Waals surface area contributed by atoms with Crippen molar-refractivity contribution in [2.24, 2.45) is 5.73 Å². The third-order valence-electron chi connectivity index (χ3n) is 0.962. The Labute approximate surface area is 85.0 Å². The molecule has 0 amide bonds. The number of hydrogen-bond donors (Lipinski definition) is 1. The fraction of sp³-hybridized carbons (Fsp3) is 0.600. The molecule has 1 radical (unpaired) electrons. The Morgan fingerprint density at radius 3 is 1.85 bits per heavy atom. The Hall–Kier alpha value is -0.661. The number of carbonyl (C=O) groups is 2. The molecule has 0 rings (SSSR count). The van der Waals surface area contributed by atoms with E-state index in [9.17, 15) is 19.8 Å². The summed E-state index contributed by atoms with van der Waals surface area (Å²) < 4.78 is 0. The van der Waals surface area contributed by atoms with Gasteiger partial charge in [-0.15, -0.1) is 0 Å². The number of aliphatic carboxylic acids is 2. The van der Waals surface area contributed by atoms with Gasteiger partial charge in [-0.25, -0.2) is 0 Å². The first-order chi connectivity index (χ1) is 4.54. The second-order valence-corrected chi connectivity index (χ2v) is 1.84. The van der Waals surface area contributed by atoms with Crippen molar-refractivity contribution in [1.82, 2.24) is 0 Å². The molecule has 1 atom stereocenters. The fourth-order valence-electron chi connectivity index (χ4n) is 0.391. The molecule has 0 aromatic carbocycles. The predicted octanol–water partition coefficient (Wildman–Crippen LogP) is -5.06. The van der Waals surface area contributed by atoms with E-state index >= 15 is 0 Å². The number of hydrogen-bond acceptors (Lipinski definition) is 5. The minimum absolute atomic E-state index is 0. The SMILES string of the molecule is NC(CCC(=O)[O-])C(=O)[O-].O.O.[Mn+2]. The van der Waals surface area contributed by atoms with Crippen LogP contribution >= 0.6 is 0 Å². The second kappa shape index (κ2) is 11.3. The molecular formula is C5H11MnNO6. The molecule has 79 valence electrons. The smallest absolute Gasteiger partial charge is 0.550 e. The molecule has 0 bridgehead atoms. The van der Waals surface area contributed by atoms with E-state index in [1.54, 1.807) is 0 Å². The average Bonchev–Trinajstić information content (AvgIpc) is 1.82. The van der Waals surface area contributed by atoms with E-state index < -0.39 is 18.0 Å². The van der Waals surface area contributed by atoms with Crippen LogP contribution < -0.4 is 15.9 Å². The molecule has 0 aliphatic carbocycles. The van der Waals surface area contributed by atoms with Crippen LogP contribution in [0.25, 0.3) is 0 Å². The van der Waals surface area contributed by atoms with Crippen LogP contribution in [0, 0.1) is 0 Å². The van der Waals surface area contributed by atoms with Crippen LogP contribution in [0.4, 0.5) is 0 Å². The third kappa shape index (κ3) is 14.2. The first kappa shape index (κ1) is 22.8. The summed E-state index contributed by atoms with van der Waals surface area (Å²) in [6.07, 6.45) is -0.500. The molecule has 0 heterocycles. The van der Waals surface area contributed by atoms with Gasteiger partial charge in [0.15, 0.2) is 0 Å². The van der Waals surface area contributed by atoms with Crippen LogP contribution in [-0.4, -0.2) is 28.9 Å². The molecule has 6 N–H and O–H groups in total. The van der Waals surface area contributed by atoms with Gasteiger partial charge in [0.1, 0.15) is 0 Å². The summed E-state index contributed by atoms with van der Waals surface area (Å²) in [4.78, 5) is 19.6. The molecule has 7 nitrogen and oxygen atoms in total. The number of carbonyl (C=O) groups excluding carboxylic acids is 2. The molecule has 8 heteroatoms. The zero-order valence-electron chi connectivity index (χ0n) is 6.58. The Balaban J connectivity index is -0.000000135. The van der Waals surface area contributed by atoms with Gasteiger partial charge in [0, 0.05) is 12.0 Å². The van der Waals surface area contributed by atoms with E-state index in [0.717, 1.165) is 0 Å². The van der Waals surface area contributed by atoms with Gasteiger partial charge in [-0.1, -0.05) is 0 Å². The minimum Gasteiger partial charge on any atom is -0.550 e. The van der Waals surface area contributed by atoms with Gasteiger partial charge in [0.25, 0.3) is 0 Å². The van der Waals surface area contributed by atoms with E-state index in [2.05, 4.69) is 0 Å². The van der Waals surface area contributed by atoms with Gasteiger partial charge in [-0.2, -0.15) is 0 Å². The number of carboxylic acid groups (broad SMARTS) is 2. The average molecular weight is 236 g/mol. The maximum atomic E-state index is 9.86. The van der Waals surface area contributed by atoms with Crippen molar-refractivity contribution in [3.8, 4) is 0 Å². The molecule has 0 fully saturated rings. The molecular weight excluding hydrogens is 225 g/mol. The Morgan fingerprint density at radius 1 is 1.23 bits per heavy atom. The normalized spacial score (nSPS) is 9.62. The van der Waals surface area contributed by atoms with E-state index in [1.165, 1.54) is 0 Å². The summed E-state index contributed by atoms with van der Waals surface area (Å²) in [5.74, 6) is -2.75. The predicted molar refractivity (Wildman–Crippen MR) is 34.5 cm³/mol. The maximum Gasteiger partial charge on any atom is 2.00 e. The number of carboxylic acids is 2. The molecule has 0 saturated carbocycles. The molecule has 13 heavy (non-hydrogen) atoms. The summed E-state index contributed by atoms with van der Waals surface area (Å²) in [7, 11) is 0. The van der Waals surface area contributed by atoms with E-state index in [1.807, 2.05) is 0 Å². The van der Waals surface area contributed by atoms with E-state index in [4.69, 9.17) is 5.73 Å². The van der Waals surface area contributed by atoms with Crippen LogP contribution in [-0.2, 0) is 26.7 Å². The largest absolute Gasteiger partial charge is 2.00 e. The third-order valence-corrected chi connectivity index (χ3v) is 0.962. The Kier molecular flexibility index (Phi) is 19.9. The summed E-state index contributed by atoms with van der Waals surface area (Å²) in [5.41, 5.74) is 4.91. The van der Waals surface area contributed by atoms with Crippen LogP contribution in [0.1, 0.15) is 12.8 Å². The molecule has 0 spiro atoms. The zero-order valence-corrected chi connectivity index (χ0v) is 7.76. The standard InChI is InChI=1S/C5H9NO4.Mn.2H2O/c6-3(5(9)10)1-2-4(7)8;;;/h3H,1-2,6H2,(H,7,8)(H,9,10);;2*1H2/q;+2;;/p-2. The van der Waals surface area contributed by atoms with Gasteiger partial charge in [-0.3, -0.25) is 0 Å². The van der Waals surface area contributed by atoms with Crippen molar-refractivity contribution in [1.29, 1.82) is 0 Å². The molecule has 0 aliphatic rings. The monoisotopic (exact) mass is 236 g/mol. The van der Waals surface area contributed by atoms with Gasteiger partial charge in [0.2, 0.25) is 0 Å². The summed E-state index contributed by atoms with van der Waals surface area (Å²) in [5, 5.41) is 19.6. The summed E-state index contributed by atoms with van der Waals surface area (Å²) in [6.45, 7) is 0. The van der Waals surface area contributed by atoms with Crippen molar-refractivity contribution in [2.75, 3.05) is 0 Å². The number of rotatable bonds is 4. The minimum atomic E-state index is -1.44. The molecule has 0 aromatic heterocycles. The first-order valence-corrected chi connectivity index (χ1v) is 2.70. The number of nitrogens with two attached hydrogens (primary N) is 1. The van der Waals surface area contributed by atoms with Gasteiger partial charge < -0.3 is 36.5 Å². The molecule has 0 aliphatic heterocycles. The molecule has 1 unspecified atom stereocenters. The van der Waals surface area contributed by atoms with Gasteiger partial charge in [-0.05, 0) is 12.8 Å². The van der Waals surface area contributed by atoms with Crippen molar-refractivity contribution < 1.29 is 47.8 Å². The van der Waals surface area contributed by atoms with E-state index in [0.29, 0.717) is 0 Å². The van der Waals surface area contributed by atoms with Crippen LogP contribution in [0.5, 0.6) is 0 Å². The second-order valence-electron chi connectivity index (χ2n) is 1.84. The summed E-state index contributed by atoms with van der Waals surface area (Å²) in [6, 6.07) is -1.21. The Morgan fingerprint density at radius 2 is 1.62 bits per heavy atom.